The van der Waals surface area contributed by atoms with Gasteiger partial charge in [0.1, 0.15) is 5.60 Å². The first-order valence-corrected chi connectivity index (χ1v) is 6.44. The van der Waals surface area contributed by atoms with Crippen molar-refractivity contribution in [1.29, 1.82) is 0 Å². The molecule has 0 aliphatic carbocycles. The molecule has 106 valence electrons. The van der Waals surface area contributed by atoms with Gasteiger partial charge in [0.15, 0.2) is 0 Å². The van der Waals surface area contributed by atoms with Gasteiger partial charge in [0.25, 0.3) is 0 Å². The average Bonchev–Trinajstić information content (AvgIpc) is 2.34. The van der Waals surface area contributed by atoms with Crippen molar-refractivity contribution in [3.05, 3.63) is 35.9 Å². The molecule has 0 fully saturated rings. The van der Waals surface area contributed by atoms with Crippen molar-refractivity contribution in [3.63, 3.8) is 0 Å². The van der Waals surface area contributed by atoms with Crippen LogP contribution in [0.5, 0.6) is 0 Å². The van der Waals surface area contributed by atoms with Crippen LogP contribution in [0.4, 0.5) is 4.79 Å². The lowest BCUT2D eigenvalue weighted by molar-refractivity contribution is 0.0163. The van der Waals surface area contributed by atoms with Crippen LogP contribution in [0, 0.1) is 0 Å². The minimum atomic E-state index is -0.530. The molecule has 1 N–H and O–H groups in total. The summed E-state index contributed by atoms with van der Waals surface area (Å²) in [4.78, 5) is 13.4. The lowest BCUT2D eigenvalue weighted by atomic mass is 10.1. The monoisotopic (exact) mass is 265 g/mol. The zero-order valence-electron chi connectivity index (χ0n) is 12.1. The second-order valence-electron chi connectivity index (χ2n) is 5.62. The molecule has 1 amide bonds. The number of amides is 1. The molecule has 1 rings (SSSR count). The van der Waals surface area contributed by atoms with E-state index < -0.39 is 11.7 Å². The third kappa shape index (κ3) is 5.30. The first-order chi connectivity index (χ1) is 8.83. The maximum absolute atomic E-state index is 11.9. The second-order valence-corrected chi connectivity index (χ2v) is 5.62. The van der Waals surface area contributed by atoms with Gasteiger partial charge < -0.3 is 14.7 Å². The van der Waals surface area contributed by atoms with Crippen molar-refractivity contribution < 1.29 is 14.6 Å². The van der Waals surface area contributed by atoms with Gasteiger partial charge >= 0.3 is 6.09 Å². The van der Waals surface area contributed by atoms with Gasteiger partial charge in [-0.2, -0.15) is 0 Å². The predicted molar refractivity (Wildman–Crippen MR) is 75.0 cm³/mol. The topological polar surface area (TPSA) is 49.8 Å². The molecule has 4 heteroatoms. The molecular formula is C15H23NO3. The van der Waals surface area contributed by atoms with Crippen molar-refractivity contribution in [2.24, 2.45) is 0 Å². The molecule has 19 heavy (non-hydrogen) atoms. The van der Waals surface area contributed by atoms with Crippen molar-refractivity contribution >= 4 is 6.09 Å². The van der Waals surface area contributed by atoms with Gasteiger partial charge in [-0.15, -0.1) is 0 Å². The number of hydrogen-bond acceptors (Lipinski definition) is 3. The van der Waals surface area contributed by atoms with E-state index in [1.807, 2.05) is 51.1 Å². The van der Waals surface area contributed by atoms with E-state index in [0.717, 1.165) is 5.56 Å². The summed E-state index contributed by atoms with van der Waals surface area (Å²) in [5.74, 6) is 0. The molecular weight excluding hydrogens is 242 g/mol. The van der Waals surface area contributed by atoms with E-state index >= 15 is 0 Å². The first-order valence-electron chi connectivity index (χ1n) is 6.44. The number of rotatable bonds is 4. The van der Waals surface area contributed by atoms with Crippen molar-refractivity contribution in [2.75, 3.05) is 13.7 Å². The Hall–Kier alpha value is -1.55. The molecule has 1 aromatic carbocycles. The maximum Gasteiger partial charge on any atom is 0.410 e. The SMILES string of the molecule is CN(C(=O)OC(C)(C)C)[C@H](CO)Cc1ccccc1. The second kappa shape index (κ2) is 6.57. The van der Waals surface area contributed by atoms with E-state index in [4.69, 9.17) is 4.74 Å². The summed E-state index contributed by atoms with van der Waals surface area (Å²) in [6, 6.07) is 9.50. The van der Waals surface area contributed by atoms with E-state index in [1.165, 1.54) is 4.90 Å². The number of ether oxygens (including phenoxy) is 1. The third-order valence-corrected chi connectivity index (χ3v) is 2.75. The van der Waals surface area contributed by atoms with Gasteiger partial charge in [-0.05, 0) is 32.8 Å². The van der Waals surface area contributed by atoms with Gasteiger partial charge in [0.05, 0.1) is 12.6 Å². The summed E-state index contributed by atoms with van der Waals surface area (Å²) >= 11 is 0. The number of nitrogens with zero attached hydrogens (tertiary/aromatic N) is 1. The molecule has 4 nitrogen and oxygen atoms in total. The summed E-state index contributed by atoms with van der Waals surface area (Å²) < 4.78 is 5.30. The minimum absolute atomic E-state index is 0.0926. The third-order valence-electron chi connectivity index (χ3n) is 2.75. The number of benzene rings is 1. The van der Waals surface area contributed by atoms with Gasteiger partial charge in [0, 0.05) is 7.05 Å². The van der Waals surface area contributed by atoms with Crippen molar-refractivity contribution in [3.8, 4) is 0 Å². The summed E-state index contributed by atoms with van der Waals surface area (Å²) in [6.07, 6.45) is 0.190. The van der Waals surface area contributed by atoms with Gasteiger partial charge in [-0.1, -0.05) is 30.3 Å². The van der Waals surface area contributed by atoms with Crippen molar-refractivity contribution in [2.45, 2.75) is 38.8 Å². The number of aliphatic hydroxyl groups excluding tert-OH is 1. The van der Waals surface area contributed by atoms with Crippen LogP contribution in [0.3, 0.4) is 0 Å². The van der Waals surface area contributed by atoms with E-state index in [1.54, 1.807) is 7.05 Å². The molecule has 0 aliphatic heterocycles. The van der Waals surface area contributed by atoms with E-state index in [0.29, 0.717) is 6.42 Å². The number of aliphatic hydroxyl groups is 1. The Morgan fingerprint density at radius 3 is 2.37 bits per heavy atom. The quantitative estimate of drug-likeness (QED) is 0.909. The Balaban J connectivity index is 2.66. The Bertz CT molecular complexity index is 398. The van der Waals surface area contributed by atoms with Gasteiger partial charge in [-0.25, -0.2) is 4.79 Å². The van der Waals surface area contributed by atoms with Crippen LogP contribution in [-0.4, -0.2) is 41.4 Å². The smallest absolute Gasteiger partial charge is 0.410 e. The van der Waals surface area contributed by atoms with E-state index in [-0.39, 0.29) is 12.6 Å². The molecule has 0 bridgehead atoms. The standard InChI is InChI=1S/C15H23NO3/c1-15(2,3)19-14(18)16(4)13(11-17)10-12-8-6-5-7-9-12/h5-9,13,17H,10-11H2,1-4H3/t13-/m0/s1. The fourth-order valence-electron chi connectivity index (χ4n) is 1.69. The molecule has 0 radical (unpaired) electrons. The lowest BCUT2D eigenvalue weighted by Crippen LogP contribution is -2.43. The van der Waals surface area contributed by atoms with Crippen LogP contribution >= 0.6 is 0 Å². The maximum atomic E-state index is 11.9. The molecule has 0 heterocycles. The van der Waals surface area contributed by atoms with E-state index in [2.05, 4.69) is 0 Å². The van der Waals surface area contributed by atoms with Crippen LogP contribution in [-0.2, 0) is 11.2 Å². The number of likely N-dealkylation sites (N-methyl/N-ethyl adjacent to an activating group) is 1. The Kier molecular flexibility index (Phi) is 5.36. The fraction of sp³-hybridized carbons (Fsp3) is 0.533. The Morgan fingerprint density at radius 1 is 1.32 bits per heavy atom. The summed E-state index contributed by atoms with van der Waals surface area (Å²) in [6.45, 7) is 5.38. The molecule has 1 aromatic rings. The fourth-order valence-corrected chi connectivity index (χ4v) is 1.69. The first kappa shape index (κ1) is 15.5. The highest BCUT2D eigenvalue weighted by atomic mass is 16.6. The zero-order chi connectivity index (χ0) is 14.5. The normalized spacial score (nSPS) is 12.9. The van der Waals surface area contributed by atoms with Crippen LogP contribution in [0.2, 0.25) is 0 Å². The minimum Gasteiger partial charge on any atom is -0.444 e. The Labute approximate surface area is 115 Å². The summed E-state index contributed by atoms with van der Waals surface area (Å²) in [5, 5.41) is 9.46. The van der Waals surface area contributed by atoms with Crippen LogP contribution in [0.15, 0.2) is 30.3 Å². The summed E-state index contributed by atoms with van der Waals surface area (Å²) in [5.41, 5.74) is 0.551. The number of hydrogen-bond donors (Lipinski definition) is 1. The molecule has 0 aromatic heterocycles. The highest BCUT2D eigenvalue weighted by molar-refractivity contribution is 5.68. The van der Waals surface area contributed by atoms with Crippen LogP contribution in [0.1, 0.15) is 26.3 Å². The highest BCUT2D eigenvalue weighted by Crippen LogP contribution is 2.13. The average molecular weight is 265 g/mol. The van der Waals surface area contributed by atoms with Crippen molar-refractivity contribution in [1.82, 2.24) is 4.90 Å². The predicted octanol–water partition coefficient (Wildman–Crippen LogP) is 2.46. The lowest BCUT2D eigenvalue weighted by Gasteiger charge is -2.29. The van der Waals surface area contributed by atoms with Gasteiger partial charge in [0.2, 0.25) is 0 Å². The molecule has 0 saturated carbocycles. The van der Waals surface area contributed by atoms with Crippen LogP contribution < -0.4 is 0 Å². The van der Waals surface area contributed by atoms with Crippen LogP contribution in [0.25, 0.3) is 0 Å². The largest absolute Gasteiger partial charge is 0.444 e. The number of carbonyl (C=O) groups is 1. The molecule has 0 unspecified atom stereocenters. The van der Waals surface area contributed by atoms with E-state index in [9.17, 15) is 9.90 Å². The van der Waals surface area contributed by atoms with Gasteiger partial charge in [-0.3, -0.25) is 0 Å². The highest BCUT2D eigenvalue weighted by Gasteiger charge is 2.24. The molecule has 0 spiro atoms. The molecule has 0 aliphatic rings. The zero-order valence-corrected chi connectivity index (χ0v) is 12.1. The Morgan fingerprint density at radius 2 is 1.89 bits per heavy atom. The molecule has 0 saturated heterocycles. The summed E-state index contributed by atoms with van der Waals surface area (Å²) in [7, 11) is 1.65. The number of carbonyl (C=O) groups excluding carboxylic acids is 1. The molecule has 1 atom stereocenters.